The third-order valence-electron chi connectivity index (χ3n) is 6.67. The van der Waals surface area contributed by atoms with Crippen molar-refractivity contribution in [1.82, 2.24) is 4.90 Å². The van der Waals surface area contributed by atoms with Gasteiger partial charge in [-0.15, -0.1) is 0 Å². The zero-order valence-corrected chi connectivity index (χ0v) is 19.6. The Kier molecular flexibility index (Phi) is 7.78. The number of nitrogens with one attached hydrogen (secondary N) is 1. The smallest absolute Gasteiger partial charge is 0.370 e. The predicted octanol–water partition coefficient (Wildman–Crippen LogP) is 5.59. The van der Waals surface area contributed by atoms with E-state index in [-0.39, 0.29) is 23.4 Å². The molecule has 0 aromatic heterocycles. The lowest BCUT2D eigenvalue weighted by atomic mass is 9.95. The van der Waals surface area contributed by atoms with E-state index < -0.39 is 11.7 Å². The number of alkyl halides is 3. The number of rotatable bonds is 5. The lowest BCUT2D eigenvalue weighted by Gasteiger charge is -2.33. The molecule has 0 unspecified atom stereocenters. The molecule has 0 aliphatic carbocycles. The first-order valence-corrected chi connectivity index (χ1v) is 12.1. The van der Waals surface area contributed by atoms with Crippen LogP contribution in [0.15, 0.2) is 54.6 Å². The van der Waals surface area contributed by atoms with Gasteiger partial charge in [-0.2, -0.15) is 13.2 Å². The van der Waals surface area contributed by atoms with Gasteiger partial charge in [-0.1, -0.05) is 30.3 Å². The summed E-state index contributed by atoms with van der Waals surface area (Å²) in [7, 11) is 0. The molecule has 0 radical (unpaired) electrons. The van der Waals surface area contributed by atoms with Crippen molar-refractivity contribution in [3.05, 3.63) is 65.7 Å². The Balaban J connectivity index is 1.39. The quantitative estimate of drug-likeness (QED) is 0.562. The minimum absolute atomic E-state index is 0.113. The van der Waals surface area contributed by atoms with E-state index in [2.05, 4.69) is 5.32 Å². The van der Waals surface area contributed by atoms with E-state index in [4.69, 9.17) is 0 Å². The maximum Gasteiger partial charge on any atom is 0.416 e. The molecule has 2 aromatic carbocycles. The number of hydrogen-bond donors (Lipinski definition) is 1. The number of carbonyl (C=O) groups excluding carboxylic acids is 2. The van der Waals surface area contributed by atoms with Crippen LogP contribution in [-0.2, 0) is 15.8 Å². The van der Waals surface area contributed by atoms with Gasteiger partial charge < -0.3 is 15.1 Å². The lowest BCUT2D eigenvalue weighted by Crippen LogP contribution is -2.41. The normalized spacial score (nSPS) is 17.6. The van der Waals surface area contributed by atoms with Crippen molar-refractivity contribution in [3.63, 3.8) is 0 Å². The van der Waals surface area contributed by atoms with Crippen LogP contribution in [-0.4, -0.2) is 42.9 Å². The molecule has 1 N–H and O–H groups in total. The number of benzene rings is 2. The number of halogens is 3. The summed E-state index contributed by atoms with van der Waals surface area (Å²) in [5.74, 6) is -0.770. The van der Waals surface area contributed by atoms with Crippen LogP contribution in [0.25, 0.3) is 6.08 Å². The Bertz CT molecular complexity index is 1060. The summed E-state index contributed by atoms with van der Waals surface area (Å²) in [6, 6.07) is 13.1. The Morgan fingerprint density at radius 2 is 1.60 bits per heavy atom. The second-order valence-corrected chi connectivity index (χ2v) is 9.11. The fourth-order valence-corrected chi connectivity index (χ4v) is 4.66. The van der Waals surface area contributed by atoms with Gasteiger partial charge in [0.2, 0.25) is 11.8 Å². The van der Waals surface area contributed by atoms with E-state index in [1.54, 1.807) is 11.0 Å². The van der Waals surface area contributed by atoms with Crippen LogP contribution >= 0.6 is 0 Å². The number of carbonyl (C=O) groups is 2. The summed E-state index contributed by atoms with van der Waals surface area (Å²) >= 11 is 0. The van der Waals surface area contributed by atoms with Crippen molar-refractivity contribution in [3.8, 4) is 0 Å². The zero-order valence-electron chi connectivity index (χ0n) is 19.6. The standard InChI is InChI=1S/C27H30F3N3O2/c28-27(29,30)22-10-11-24(32-15-5-2-6-16-32)23(19-22)31-26(35)21-13-17-33(18-14-21)25(34)12-9-20-7-3-1-4-8-20/h1,3-4,7-12,19,21H,2,5-6,13-18H2,(H,31,35)/b12-9+. The number of likely N-dealkylation sites (tertiary alicyclic amines) is 1. The first-order valence-electron chi connectivity index (χ1n) is 12.1. The largest absolute Gasteiger partial charge is 0.416 e. The molecule has 0 atom stereocenters. The fraction of sp³-hybridized carbons (Fsp3) is 0.407. The third kappa shape index (κ3) is 6.44. The number of piperidine rings is 2. The van der Waals surface area contributed by atoms with Crippen molar-refractivity contribution in [2.45, 2.75) is 38.3 Å². The van der Waals surface area contributed by atoms with Crippen LogP contribution in [0.5, 0.6) is 0 Å². The SMILES string of the molecule is O=C(Nc1cc(C(F)(F)F)ccc1N1CCCCC1)C1CCN(C(=O)/C=C/c2ccccc2)CC1. The van der Waals surface area contributed by atoms with Gasteiger partial charge in [0, 0.05) is 38.2 Å². The van der Waals surface area contributed by atoms with Crippen LogP contribution < -0.4 is 10.2 Å². The molecule has 0 saturated carbocycles. The van der Waals surface area contributed by atoms with E-state index in [1.807, 2.05) is 35.2 Å². The molecule has 0 spiro atoms. The van der Waals surface area contributed by atoms with Crippen molar-refractivity contribution in [1.29, 1.82) is 0 Å². The number of amides is 2. The molecule has 2 aromatic rings. The van der Waals surface area contributed by atoms with Crippen LogP contribution in [0.4, 0.5) is 24.5 Å². The van der Waals surface area contributed by atoms with Crippen molar-refractivity contribution >= 4 is 29.3 Å². The lowest BCUT2D eigenvalue weighted by molar-refractivity contribution is -0.137. The Hall–Kier alpha value is -3.29. The van der Waals surface area contributed by atoms with E-state index in [9.17, 15) is 22.8 Å². The number of hydrogen-bond acceptors (Lipinski definition) is 3. The van der Waals surface area contributed by atoms with Gasteiger partial charge in [0.25, 0.3) is 0 Å². The van der Waals surface area contributed by atoms with Crippen molar-refractivity contribution in [2.24, 2.45) is 5.92 Å². The Morgan fingerprint density at radius 1 is 0.914 bits per heavy atom. The van der Waals surface area contributed by atoms with Crippen LogP contribution in [0.1, 0.15) is 43.2 Å². The second kappa shape index (κ2) is 11.0. The van der Waals surface area contributed by atoms with Crippen LogP contribution in [0.3, 0.4) is 0 Å². The van der Waals surface area contributed by atoms with Gasteiger partial charge in [-0.25, -0.2) is 0 Å². The first-order chi connectivity index (χ1) is 16.8. The monoisotopic (exact) mass is 485 g/mol. The minimum atomic E-state index is -4.49. The molecule has 2 aliphatic rings. The molecule has 2 amide bonds. The first kappa shape index (κ1) is 24.8. The molecular weight excluding hydrogens is 455 g/mol. The molecule has 2 aliphatic heterocycles. The molecule has 186 valence electrons. The van der Waals surface area contributed by atoms with Crippen molar-refractivity contribution < 1.29 is 22.8 Å². The van der Waals surface area contributed by atoms with E-state index >= 15 is 0 Å². The summed E-state index contributed by atoms with van der Waals surface area (Å²) < 4.78 is 40.1. The molecule has 4 rings (SSSR count). The van der Waals surface area contributed by atoms with Gasteiger partial charge in [0.15, 0.2) is 0 Å². The highest BCUT2D eigenvalue weighted by molar-refractivity contribution is 5.96. The second-order valence-electron chi connectivity index (χ2n) is 9.11. The van der Waals surface area contributed by atoms with Crippen LogP contribution in [0.2, 0.25) is 0 Å². The van der Waals surface area contributed by atoms with E-state index in [0.29, 0.717) is 31.6 Å². The van der Waals surface area contributed by atoms with Crippen LogP contribution in [0, 0.1) is 5.92 Å². The number of anilines is 2. The highest BCUT2D eigenvalue weighted by Crippen LogP contribution is 2.37. The van der Waals surface area contributed by atoms with Gasteiger partial charge in [0.1, 0.15) is 0 Å². The molecule has 35 heavy (non-hydrogen) atoms. The summed E-state index contributed by atoms with van der Waals surface area (Å²) in [4.78, 5) is 29.3. The molecule has 5 nitrogen and oxygen atoms in total. The predicted molar refractivity (Wildman–Crippen MR) is 131 cm³/mol. The van der Waals surface area contributed by atoms with Gasteiger partial charge in [-0.05, 0) is 61.9 Å². The van der Waals surface area contributed by atoms with Crippen molar-refractivity contribution in [2.75, 3.05) is 36.4 Å². The highest BCUT2D eigenvalue weighted by Gasteiger charge is 2.33. The van der Waals surface area contributed by atoms with Gasteiger partial charge in [0.05, 0.1) is 16.9 Å². The molecular formula is C27H30F3N3O2. The summed E-state index contributed by atoms with van der Waals surface area (Å²) in [6.07, 6.45) is 2.78. The maximum absolute atomic E-state index is 13.4. The molecule has 0 bridgehead atoms. The summed E-state index contributed by atoms with van der Waals surface area (Å²) in [5, 5.41) is 2.78. The fourth-order valence-electron chi connectivity index (χ4n) is 4.66. The molecule has 2 heterocycles. The average Bonchev–Trinajstić information content (AvgIpc) is 2.88. The van der Waals surface area contributed by atoms with Gasteiger partial charge in [-0.3, -0.25) is 9.59 Å². The van der Waals surface area contributed by atoms with E-state index in [1.165, 1.54) is 12.1 Å². The summed E-state index contributed by atoms with van der Waals surface area (Å²) in [6.45, 7) is 2.37. The molecule has 2 fully saturated rings. The summed E-state index contributed by atoms with van der Waals surface area (Å²) in [5.41, 5.74) is 0.987. The van der Waals surface area contributed by atoms with E-state index in [0.717, 1.165) is 50.0 Å². The Morgan fingerprint density at radius 3 is 2.26 bits per heavy atom. The zero-order chi connectivity index (χ0) is 24.8. The highest BCUT2D eigenvalue weighted by atomic mass is 19.4. The average molecular weight is 486 g/mol. The topological polar surface area (TPSA) is 52.7 Å². The number of nitrogens with zero attached hydrogens (tertiary/aromatic N) is 2. The molecule has 8 heteroatoms. The third-order valence-corrected chi connectivity index (χ3v) is 6.67. The molecule has 2 saturated heterocycles. The maximum atomic E-state index is 13.4. The van der Waals surface area contributed by atoms with Gasteiger partial charge >= 0.3 is 6.18 Å². The minimum Gasteiger partial charge on any atom is -0.370 e. The Labute approximate surface area is 203 Å².